The van der Waals surface area contributed by atoms with Gasteiger partial charge in [-0.3, -0.25) is 19.5 Å². The van der Waals surface area contributed by atoms with E-state index in [-0.39, 0.29) is 18.0 Å². The highest BCUT2D eigenvalue weighted by atomic mass is 31.2. The van der Waals surface area contributed by atoms with Crippen LogP contribution in [0.1, 0.15) is 32.6 Å². The van der Waals surface area contributed by atoms with E-state index in [9.17, 15) is 19.6 Å². The summed E-state index contributed by atoms with van der Waals surface area (Å²) in [6, 6.07) is 4.85. The third kappa shape index (κ3) is 8.66. The van der Waals surface area contributed by atoms with Gasteiger partial charge in [0, 0.05) is 25.3 Å². The monoisotopic (exact) mass is 347 g/mol. The fraction of sp³-hybridized carbons (Fsp3) is 0.571. The van der Waals surface area contributed by atoms with Crippen molar-refractivity contribution in [3.63, 3.8) is 0 Å². The predicted octanol–water partition coefficient (Wildman–Crippen LogP) is 3.69. The number of hydrogen-bond acceptors (Lipinski definition) is 6. The molecule has 0 fully saturated rings. The van der Waals surface area contributed by atoms with Gasteiger partial charge in [0.1, 0.15) is 5.75 Å². The van der Waals surface area contributed by atoms with Gasteiger partial charge in [-0.15, -0.1) is 0 Å². The summed E-state index contributed by atoms with van der Waals surface area (Å²) < 4.78 is 26.8. The average Bonchev–Trinajstić information content (AvgIpc) is 2.50. The van der Waals surface area contributed by atoms with E-state index in [0.717, 1.165) is 25.9 Å². The lowest BCUT2D eigenvalue weighted by Gasteiger charge is -2.12. The molecule has 9 heteroatoms. The molecule has 1 unspecified atom stereocenters. The molecule has 0 aromatic heterocycles. The molecule has 1 rings (SSSR count). The smallest absolute Gasteiger partial charge is 0.404 e. The zero-order valence-corrected chi connectivity index (χ0v) is 13.9. The summed E-state index contributed by atoms with van der Waals surface area (Å²) in [4.78, 5) is 19.5. The molecule has 0 aliphatic rings. The van der Waals surface area contributed by atoms with Crippen LogP contribution >= 0.6 is 7.82 Å². The first-order valence-corrected chi connectivity index (χ1v) is 8.93. The molecule has 0 amide bonds. The van der Waals surface area contributed by atoms with Crippen molar-refractivity contribution in [3.8, 4) is 5.75 Å². The molecule has 1 N–H and O–H groups in total. The highest BCUT2D eigenvalue weighted by Gasteiger charge is 2.22. The Kier molecular flexibility index (Phi) is 8.79. The van der Waals surface area contributed by atoms with Gasteiger partial charge >= 0.3 is 7.82 Å². The molecule has 1 atom stereocenters. The minimum atomic E-state index is -4.23. The second-order valence-electron chi connectivity index (χ2n) is 4.82. The lowest BCUT2D eigenvalue weighted by atomic mass is 10.3. The number of benzene rings is 1. The maximum Gasteiger partial charge on any atom is 0.527 e. The van der Waals surface area contributed by atoms with E-state index in [4.69, 9.17) is 13.8 Å². The summed E-state index contributed by atoms with van der Waals surface area (Å²) in [6.07, 6.45) is 3.39. The zero-order valence-electron chi connectivity index (χ0n) is 13.1. The second-order valence-corrected chi connectivity index (χ2v) is 6.19. The maximum absolute atomic E-state index is 11.7. The van der Waals surface area contributed by atoms with Crippen molar-refractivity contribution in [2.75, 3.05) is 19.8 Å². The standard InChI is InChI=1S/C14H22NO7P/c1-2-3-10-20-11-4-5-12-21-23(18,19)22-14-8-6-13(7-9-14)15(16)17/h6-9H,2-5,10-12H2,1H3,(H,18,19). The van der Waals surface area contributed by atoms with E-state index in [1.54, 1.807) is 0 Å². The molecule has 0 saturated heterocycles. The molecular formula is C14H22NO7P. The van der Waals surface area contributed by atoms with Crippen molar-refractivity contribution in [3.05, 3.63) is 34.4 Å². The third-order valence-electron chi connectivity index (χ3n) is 2.85. The fourth-order valence-corrected chi connectivity index (χ4v) is 2.42. The molecule has 0 bridgehead atoms. The molecule has 0 aliphatic carbocycles. The third-order valence-corrected chi connectivity index (χ3v) is 3.80. The van der Waals surface area contributed by atoms with Crippen LogP contribution in [0.2, 0.25) is 0 Å². The number of ether oxygens (including phenoxy) is 1. The molecular weight excluding hydrogens is 325 g/mol. The Morgan fingerprint density at radius 2 is 1.74 bits per heavy atom. The zero-order chi connectivity index (χ0) is 17.1. The van der Waals surface area contributed by atoms with Gasteiger partial charge < -0.3 is 9.26 Å². The highest BCUT2D eigenvalue weighted by Crippen LogP contribution is 2.44. The van der Waals surface area contributed by atoms with E-state index in [1.165, 1.54) is 24.3 Å². The van der Waals surface area contributed by atoms with Crippen molar-refractivity contribution in [2.24, 2.45) is 0 Å². The SMILES string of the molecule is CCCCOCCCCOP(=O)(O)Oc1ccc([N+](=O)[O-])cc1. The lowest BCUT2D eigenvalue weighted by molar-refractivity contribution is -0.384. The van der Waals surface area contributed by atoms with E-state index >= 15 is 0 Å². The number of nitro benzene ring substituents is 1. The van der Waals surface area contributed by atoms with Gasteiger partial charge in [-0.05, 0) is 31.4 Å². The summed E-state index contributed by atoms with van der Waals surface area (Å²) in [7, 11) is -4.23. The second kappa shape index (κ2) is 10.3. The maximum atomic E-state index is 11.7. The van der Waals surface area contributed by atoms with Gasteiger partial charge in [0.2, 0.25) is 0 Å². The summed E-state index contributed by atoms with van der Waals surface area (Å²) in [5.41, 5.74) is -0.130. The van der Waals surface area contributed by atoms with Gasteiger partial charge in [0.05, 0.1) is 11.5 Å². The van der Waals surface area contributed by atoms with Gasteiger partial charge in [-0.1, -0.05) is 13.3 Å². The van der Waals surface area contributed by atoms with Crippen LogP contribution in [-0.2, 0) is 13.8 Å². The quantitative estimate of drug-likeness (QED) is 0.266. The predicted molar refractivity (Wildman–Crippen MR) is 84.5 cm³/mol. The van der Waals surface area contributed by atoms with Crippen molar-refractivity contribution in [1.29, 1.82) is 0 Å². The first-order valence-electron chi connectivity index (χ1n) is 7.44. The molecule has 8 nitrogen and oxygen atoms in total. The summed E-state index contributed by atoms with van der Waals surface area (Å²) >= 11 is 0. The summed E-state index contributed by atoms with van der Waals surface area (Å²) in [5, 5.41) is 10.5. The molecule has 1 aromatic rings. The van der Waals surface area contributed by atoms with Crippen LogP contribution in [0.4, 0.5) is 5.69 Å². The lowest BCUT2D eigenvalue weighted by Crippen LogP contribution is -2.02. The van der Waals surface area contributed by atoms with Crippen molar-refractivity contribution in [2.45, 2.75) is 32.6 Å². The van der Waals surface area contributed by atoms with Crippen LogP contribution in [0.15, 0.2) is 24.3 Å². The Morgan fingerprint density at radius 1 is 1.13 bits per heavy atom. The van der Waals surface area contributed by atoms with Crippen LogP contribution in [0, 0.1) is 10.1 Å². The molecule has 0 heterocycles. The topological polar surface area (TPSA) is 108 Å². The molecule has 0 spiro atoms. The number of nitrogens with zero attached hydrogens (tertiary/aromatic N) is 1. The number of nitro groups is 1. The molecule has 0 aliphatic heterocycles. The summed E-state index contributed by atoms with van der Waals surface area (Å²) in [6.45, 7) is 3.46. The highest BCUT2D eigenvalue weighted by molar-refractivity contribution is 7.47. The molecule has 0 saturated carbocycles. The van der Waals surface area contributed by atoms with Gasteiger partial charge in [0.15, 0.2) is 0 Å². The van der Waals surface area contributed by atoms with E-state index in [0.29, 0.717) is 13.0 Å². The van der Waals surface area contributed by atoms with Gasteiger partial charge in [-0.25, -0.2) is 4.57 Å². The minimum absolute atomic E-state index is 0.0318. The largest absolute Gasteiger partial charge is 0.527 e. The van der Waals surface area contributed by atoms with Crippen LogP contribution in [0.5, 0.6) is 5.75 Å². The normalized spacial score (nSPS) is 13.5. The first kappa shape index (κ1) is 19.6. The average molecular weight is 347 g/mol. The molecule has 130 valence electrons. The number of non-ortho nitro benzene ring substituents is 1. The number of rotatable bonds is 12. The molecule has 23 heavy (non-hydrogen) atoms. The van der Waals surface area contributed by atoms with Crippen LogP contribution in [-0.4, -0.2) is 29.6 Å². The van der Waals surface area contributed by atoms with E-state index in [2.05, 4.69) is 6.92 Å². The Balaban J connectivity index is 2.25. The summed E-state index contributed by atoms with van der Waals surface area (Å²) in [5.74, 6) is 0.0318. The fourth-order valence-electron chi connectivity index (χ4n) is 1.62. The van der Waals surface area contributed by atoms with E-state index < -0.39 is 12.7 Å². The number of unbranched alkanes of at least 4 members (excludes halogenated alkanes) is 2. The minimum Gasteiger partial charge on any atom is -0.404 e. The number of hydrogen-bond donors (Lipinski definition) is 1. The van der Waals surface area contributed by atoms with Crippen molar-refractivity contribution >= 4 is 13.5 Å². The van der Waals surface area contributed by atoms with Crippen LogP contribution in [0.3, 0.4) is 0 Å². The van der Waals surface area contributed by atoms with E-state index in [1.807, 2.05) is 0 Å². The number of phosphoric acid groups is 1. The van der Waals surface area contributed by atoms with Crippen LogP contribution < -0.4 is 4.52 Å². The first-order chi connectivity index (χ1) is 10.9. The Hall–Kier alpha value is -1.47. The number of phosphoric ester groups is 1. The van der Waals surface area contributed by atoms with Crippen molar-refractivity contribution < 1.29 is 28.2 Å². The molecule has 0 radical (unpaired) electrons. The van der Waals surface area contributed by atoms with Gasteiger partial charge in [0.25, 0.3) is 5.69 Å². The van der Waals surface area contributed by atoms with Gasteiger partial charge in [-0.2, -0.15) is 0 Å². The Bertz CT molecular complexity index is 520. The van der Waals surface area contributed by atoms with Crippen molar-refractivity contribution in [1.82, 2.24) is 0 Å². The Morgan fingerprint density at radius 3 is 2.35 bits per heavy atom. The Labute approximate surface area is 135 Å². The van der Waals surface area contributed by atoms with Crippen LogP contribution in [0.25, 0.3) is 0 Å². The molecule has 1 aromatic carbocycles.